The quantitative estimate of drug-likeness (QED) is 0.0164. The van der Waals surface area contributed by atoms with Crippen molar-refractivity contribution < 1.29 is 72.5 Å². The molecule has 1 aromatic carbocycles. The highest BCUT2D eigenvalue weighted by Crippen LogP contribution is 2.15. The number of phenols is 1. The van der Waals surface area contributed by atoms with E-state index in [0.29, 0.717) is 18.4 Å². The standard InChI is InChI=1S/C66H121N33O15/c67-25-3-1-11-39(92-52(105)38(13-5-27-83-61(71)72)90-50(103)35-89-51(104)47(91-49(102)34-69)33-36-19-21-37(100)22-20-36)53(106)93-40(12-2-4-26-68)54(107)94-41(14-6-28-84-62(73)74)55(108)95-43(16-8-30-86-64(77)78)57(110)98-45(23-24-48(70)101)59(112)97-42(15-7-29-85-63(75)76)56(109)96-44(17-9-31-87-65(79)80)58(111)99-46(60(113)114)18-10-32-88-66(81)82/h19-22,38-47,100H,1-18,23-35,67-69H2,(H2,70,101)(H,89,104)(H,90,103)(H,91,102)(H,92,105)(H,93,106)(H,94,107)(H,95,108)(H,96,109)(H,97,112)(H,98,110)(H,99,111)(H,113,114)(H4,71,72,83)(H4,73,74,84)(H4,75,76,85)(H4,77,78,86)(H4,79,80,87)(H4,81,82,88)/t38-,39-,40-,41-,42-,43-,44-,45-,46-,47-/m0/s1. The van der Waals surface area contributed by atoms with Crippen LogP contribution in [0.2, 0.25) is 0 Å². The minimum absolute atomic E-state index is 0.00818. The summed E-state index contributed by atoms with van der Waals surface area (Å²) in [5.74, 6) is -14.6. The van der Waals surface area contributed by atoms with Crippen molar-refractivity contribution in [1.82, 2.24) is 58.5 Å². The summed E-state index contributed by atoms with van der Waals surface area (Å²) in [7, 11) is 0. The topological polar surface area (TPSA) is 885 Å². The number of nitrogens with one attached hydrogen (secondary N) is 11. The molecular formula is C66H121N33O15. The van der Waals surface area contributed by atoms with Crippen LogP contribution >= 0.6 is 0 Å². The number of aromatic hydroxyl groups is 1. The van der Waals surface area contributed by atoms with Gasteiger partial charge >= 0.3 is 5.97 Å². The molecule has 48 heteroatoms. The molecule has 0 bridgehead atoms. The molecule has 0 saturated heterocycles. The molecule has 0 aromatic heterocycles. The summed E-state index contributed by atoms with van der Waals surface area (Å²) < 4.78 is 0. The monoisotopic (exact) mass is 1620 g/mol. The molecule has 45 N–H and O–H groups in total. The van der Waals surface area contributed by atoms with Crippen molar-refractivity contribution in [2.24, 2.45) is 122 Å². The lowest BCUT2D eigenvalue weighted by Crippen LogP contribution is -2.60. The zero-order valence-corrected chi connectivity index (χ0v) is 64.1. The Kier molecular flexibility index (Phi) is 49.6. The van der Waals surface area contributed by atoms with Gasteiger partial charge in [-0.15, -0.1) is 0 Å². The van der Waals surface area contributed by atoms with Crippen molar-refractivity contribution in [3.63, 3.8) is 0 Å². The van der Waals surface area contributed by atoms with Crippen molar-refractivity contribution in [2.75, 3.05) is 65.4 Å². The Labute approximate surface area is 659 Å². The van der Waals surface area contributed by atoms with Crippen LogP contribution in [0.15, 0.2) is 54.2 Å². The molecule has 0 unspecified atom stereocenters. The number of hydrogen-bond acceptors (Lipinski definition) is 23. The zero-order valence-electron chi connectivity index (χ0n) is 64.1. The Balaban J connectivity index is 3.93. The maximum Gasteiger partial charge on any atom is 0.326 e. The molecule has 10 atom stereocenters. The van der Waals surface area contributed by atoms with E-state index in [4.69, 9.17) is 91.7 Å². The number of guanidine groups is 6. The number of amides is 12. The number of carboxylic acid groups (broad SMARTS) is 1. The van der Waals surface area contributed by atoms with Crippen LogP contribution < -0.4 is 150 Å². The van der Waals surface area contributed by atoms with Gasteiger partial charge in [0.15, 0.2) is 35.8 Å². The molecule has 12 amide bonds. The van der Waals surface area contributed by atoms with Gasteiger partial charge in [-0.1, -0.05) is 12.1 Å². The van der Waals surface area contributed by atoms with Crippen LogP contribution in [-0.4, -0.2) is 249 Å². The first-order valence-electron chi connectivity index (χ1n) is 37.0. The molecule has 640 valence electrons. The van der Waals surface area contributed by atoms with Gasteiger partial charge in [-0.3, -0.25) is 87.5 Å². The van der Waals surface area contributed by atoms with E-state index < -0.39 is 163 Å². The van der Waals surface area contributed by atoms with Gasteiger partial charge in [-0.25, -0.2) is 4.79 Å². The number of phenolic OH excluding ortho intramolecular Hbond substituents is 1. The van der Waals surface area contributed by atoms with E-state index in [1.165, 1.54) is 24.3 Å². The number of aliphatic carboxylic acids is 1. The molecule has 0 radical (unpaired) electrons. The first-order chi connectivity index (χ1) is 54.0. The van der Waals surface area contributed by atoms with E-state index in [1.807, 2.05) is 0 Å². The summed E-state index contributed by atoms with van der Waals surface area (Å²) in [6, 6.07) is -9.40. The molecule has 48 nitrogen and oxygen atoms in total. The number of rotatable bonds is 60. The first kappa shape index (κ1) is 99.6. The predicted octanol–water partition coefficient (Wildman–Crippen LogP) is -12.2. The predicted molar refractivity (Wildman–Crippen MR) is 425 cm³/mol. The minimum Gasteiger partial charge on any atom is -0.508 e. The summed E-state index contributed by atoms with van der Waals surface area (Å²) in [5.41, 5.74) is 89.7. The van der Waals surface area contributed by atoms with Gasteiger partial charge in [-0.05, 0) is 153 Å². The number of nitrogens with two attached hydrogens (primary N) is 16. The smallest absolute Gasteiger partial charge is 0.326 e. The van der Waals surface area contributed by atoms with Gasteiger partial charge in [-0.2, -0.15) is 0 Å². The third-order valence-corrected chi connectivity index (χ3v) is 16.6. The highest BCUT2D eigenvalue weighted by molar-refractivity contribution is 5.99. The zero-order chi connectivity index (χ0) is 85.7. The molecule has 0 aliphatic heterocycles. The lowest BCUT2D eigenvalue weighted by molar-refractivity contribution is -0.142. The number of nitrogens with zero attached hydrogens (tertiary/aromatic N) is 6. The lowest BCUT2D eigenvalue weighted by atomic mass is 10.0. The summed E-state index contributed by atoms with van der Waals surface area (Å²) in [6.45, 7) is -1.25. The molecule has 0 heterocycles. The average molecular weight is 1620 g/mol. The van der Waals surface area contributed by atoms with Gasteiger partial charge in [0.1, 0.15) is 66.2 Å². The van der Waals surface area contributed by atoms with Crippen molar-refractivity contribution >= 4 is 113 Å². The molecular weight excluding hydrogens is 1490 g/mol. The number of aliphatic imine (C=N–C) groups is 6. The lowest BCUT2D eigenvalue weighted by Gasteiger charge is -2.28. The third-order valence-electron chi connectivity index (χ3n) is 16.6. The molecule has 0 aliphatic rings. The van der Waals surface area contributed by atoms with Gasteiger partial charge in [0.2, 0.25) is 70.9 Å². The second kappa shape index (κ2) is 56.8. The fourth-order valence-electron chi connectivity index (χ4n) is 10.7. The molecule has 0 saturated carbocycles. The first-order valence-corrected chi connectivity index (χ1v) is 37.0. The number of carbonyl (C=O) groups excluding carboxylic acids is 12. The molecule has 1 rings (SSSR count). The minimum atomic E-state index is -1.75. The Bertz CT molecular complexity index is 3430. The van der Waals surface area contributed by atoms with Crippen molar-refractivity contribution in [3.8, 4) is 5.75 Å². The van der Waals surface area contributed by atoms with Crippen molar-refractivity contribution in [2.45, 2.75) is 195 Å². The fourth-order valence-corrected chi connectivity index (χ4v) is 10.7. The number of primary amides is 1. The number of unbranched alkanes of at least 4 members (excludes halogenated alkanes) is 2. The summed E-state index contributed by atoms with van der Waals surface area (Å²) in [5, 5.41) is 47.8. The van der Waals surface area contributed by atoms with Crippen LogP contribution in [0, 0.1) is 0 Å². The van der Waals surface area contributed by atoms with Crippen LogP contribution in [0.3, 0.4) is 0 Å². The Hall–Kier alpha value is -12.4. The molecule has 0 aliphatic carbocycles. The summed E-state index contributed by atoms with van der Waals surface area (Å²) >= 11 is 0. The van der Waals surface area contributed by atoms with Crippen molar-refractivity contribution in [3.05, 3.63) is 29.8 Å². The summed E-state index contributed by atoms with van der Waals surface area (Å²) in [6.07, 6.45) is -1.31. The van der Waals surface area contributed by atoms with Crippen LogP contribution in [0.4, 0.5) is 0 Å². The van der Waals surface area contributed by atoms with E-state index in [0.717, 1.165) is 0 Å². The third kappa shape index (κ3) is 45.7. The number of carbonyl (C=O) groups is 13. The maximum absolute atomic E-state index is 14.9. The second-order valence-electron chi connectivity index (χ2n) is 26.1. The Morgan fingerprint density at radius 3 is 0.825 bits per heavy atom. The molecule has 1 aromatic rings. The van der Waals surface area contributed by atoms with Crippen LogP contribution in [0.5, 0.6) is 5.75 Å². The Morgan fingerprint density at radius 2 is 0.561 bits per heavy atom. The SMILES string of the molecule is NCCCC[C@H](NC(=O)[C@H](CCCN=C(N)N)NC(=O)CNC(=O)[C@H](Cc1ccc(O)cc1)NC(=O)CN)C(=O)N[C@@H](CCCCN)C(=O)N[C@@H](CCCN=C(N)N)C(=O)N[C@@H](CCCN=C(N)N)C(=O)N[C@@H](CCC(N)=O)C(=O)N[C@@H](CCCN=C(N)N)C(=O)N[C@@H](CCCN=C(N)N)C(=O)N[C@@H](CCCN=C(N)N)C(=O)O. The van der Waals surface area contributed by atoms with E-state index >= 15 is 0 Å². The van der Waals surface area contributed by atoms with Gasteiger partial charge < -0.3 is 160 Å². The van der Waals surface area contributed by atoms with E-state index in [2.05, 4.69) is 88.4 Å². The average Bonchev–Trinajstić information content (AvgIpc) is 0.876. The molecule has 114 heavy (non-hydrogen) atoms. The largest absolute Gasteiger partial charge is 0.508 e. The van der Waals surface area contributed by atoms with Gasteiger partial charge in [0, 0.05) is 52.1 Å². The van der Waals surface area contributed by atoms with Gasteiger partial charge in [0.05, 0.1) is 13.1 Å². The summed E-state index contributed by atoms with van der Waals surface area (Å²) in [4.78, 5) is 204. The van der Waals surface area contributed by atoms with E-state index in [9.17, 15) is 72.5 Å². The second-order valence-corrected chi connectivity index (χ2v) is 26.1. The highest BCUT2D eigenvalue weighted by atomic mass is 16.4. The van der Waals surface area contributed by atoms with Crippen LogP contribution in [-0.2, 0) is 68.7 Å². The fraction of sp³-hybridized carbons (Fsp3) is 0.621. The molecule has 0 fully saturated rings. The highest BCUT2D eigenvalue weighted by Gasteiger charge is 2.36. The van der Waals surface area contributed by atoms with Crippen molar-refractivity contribution in [1.29, 1.82) is 0 Å². The molecule has 0 spiro atoms. The number of carboxylic acids is 1. The van der Waals surface area contributed by atoms with Crippen LogP contribution in [0.25, 0.3) is 0 Å². The Morgan fingerprint density at radius 1 is 0.307 bits per heavy atom. The normalized spacial score (nSPS) is 13.4. The maximum atomic E-state index is 14.9. The van der Waals surface area contributed by atoms with Gasteiger partial charge in [0.25, 0.3) is 0 Å². The number of hydrogen-bond donors (Lipinski definition) is 29. The van der Waals surface area contributed by atoms with E-state index in [1.54, 1.807) is 0 Å². The van der Waals surface area contributed by atoms with E-state index in [-0.39, 0.29) is 203 Å². The van der Waals surface area contributed by atoms with Crippen LogP contribution in [0.1, 0.15) is 134 Å². The number of benzene rings is 1.